The molecule has 9 heteroatoms. The van der Waals surface area contributed by atoms with E-state index in [0.717, 1.165) is 60.1 Å². The number of ether oxygens (including phenoxy) is 2. The Balaban J connectivity index is 1.67. The van der Waals surface area contributed by atoms with Gasteiger partial charge in [0.25, 0.3) is 5.91 Å². The number of nitrogens with zero attached hydrogens (tertiary/aromatic N) is 3. The molecule has 7 nitrogen and oxygen atoms in total. The first-order valence-electron chi connectivity index (χ1n) is 13.5. The highest BCUT2D eigenvalue weighted by molar-refractivity contribution is 7.09. The van der Waals surface area contributed by atoms with Gasteiger partial charge in [-0.15, -0.1) is 11.3 Å². The number of methoxy groups -OCH3 is 2. The van der Waals surface area contributed by atoms with Crippen LogP contribution >= 0.6 is 11.3 Å². The van der Waals surface area contributed by atoms with E-state index >= 15 is 0 Å². The van der Waals surface area contributed by atoms with Gasteiger partial charge in [0.15, 0.2) is 0 Å². The summed E-state index contributed by atoms with van der Waals surface area (Å²) in [6.07, 6.45) is 1.97. The Labute approximate surface area is 236 Å². The van der Waals surface area contributed by atoms with E-state index in [-0.39, 0.29) is 17.8 Å². The van der Waals surface area contributed by atoms with Gasteiger partial charge in [-0.05, 0) is 63.2 Å². The predicted molar refractivity (Wildman–Crippen MR) is 155 cm³/mol. The molecule has 0 bridgehead atoms. The van der Waals surface area contributed by atoms with Crippen molar-refractivity contribution in [1.82, 2.24) is 20.1 Å². The quantitative estimate of drug-likeness (QED) is 0.243. The number of aromatic nitrogens is 1. The van der Waals surface area contributed by atoms with Crippen LogP contribution in [0.4, 0.5) is 4.39 Å². The van der Waals surface area contributed by atoms with Crippen LogP contribution in [0, 0.1) is 5.82 Å². The average molecular weight is 557 g/mol. The van der Waals surface area contributed by atoms with Gasteiger partial charge in [0, 0.05) is 36.1 Å². The maximum Gasteiger partial charge on any atom is 0.270 e. The molecule has 39 heavy (non-hydrogen) atoms. The molecule has 1 aromatic heterocycles. The lowest BCUT2D eigenvalue weighted by Crippen LogP contribution is -2.34. The first kappa shape index (κ1) is 30.5. The maximum absolute atomic E-state index is 13.5. The number of carbonyl (C=O) groups excluding carboxylic acids is 1. The smallest absolute Gasteiger partial charge is 0.270 e. The first-order valence-corrected chi connectivity index (χ1v) is 14.4. The number of nitrogens with one attached hydrogen (secondary N) is 1. The Morgan fingerprint density at radius 1 is 1.03 bits per heavy atom. The molecule has 1 N–H and O–H groups in total. The predicted octanol–water partition coefficient (Wildman–Crippen LogP) is 5.74. The second kappa shape index (κ2) is 15.5. The third-order valence-corrected chi connectivity index (χ3v) is 7.57. The Bertz CT molecular complexity index is 1170. The minimum Gasteiger partial charge on any atom is -0.497 e. The van der Waals surface area contributed by atoms with Gasteiger partial charge in [-0.3, -0.25) is 9.69 Å². The van der Waals surface area contributed by atoms with E-state index < -0.39 is 0 Å². The van der Waals surface area contributed by atoms with E-state index in [1.54, 1.807) is 26.4 Å². The number of carbonyl (C=O) groups is 1. The largest absolute Gasteiger partial charge is 0.497 e. The number of hydrogen-bond donors (Lipinski definition) is 1. The Morgan fingerprint density at radius 3 is 2.44 bits per heavy atom. The standard InChI is InChI=1S/C30H41FN4O3S/c1-6-34(7-2)16-8-9-22(3)32-30(36)27-21-39-29(33-27)20-35(18-23-10-13-25(31)14-11-23)19-24-12-15-26(37-4)17-28(24)38-5/h10-15,17,21-22H,6-9,16,18-20H2,1-5H3,(H,32,36). The van der Waals surface area contributed by atoms with Crippen LogP contribution in [-0.2, 0) is 19.6 Å². The first-order chi connectivity index (χ1) is 18.8. The van der Waals surface area contributed by atoms with Crippen molar-refractivity contribution in [3.8, 4) is 11.5 Å². The van der Waals surface area contributed by atoms with Crippen molar-refractivity contribution in [3.63, 3.8) is 0 Å². The fourth-order valence-corrected chi connectivity index (χ4v) is 5.26. The van der Waals surface area contributed by atoms with Gasteiger partial charge in [0.2, 0.25) is 0 Å². The number of halogens is 1. The number of benzene rings is 2. The van der Waals surface area contributed by atoms with Crippen LogP contribution in [0.2, 0.25) is 0 Å². The van der Waals surface area contributed by atoms with Gasteiger partial charge in [-0.2, -0.15) is 0 Å². The molecule has 0 fully saturated rings. The summed E-state index contributed by atoms with van der Waals surface area (Å²) in [5, 5.41) is 5.75. The lowest BCUT2D eigenvalue weighted by molar-refractivity contribution is 0.0932. The molecule has 3 aromatic rings. The molecule has 212 valence electrons. The number of amides is 1. The molecule has 1 heterocycles. The third kappa shape index (κ3) is 9.60. The lowest BCUT2D eigenvalue weighted by atomic mass is 10.1. The SMILES string of the molecule is CCN(CC)CCCC(C)NC(=O)c1csc(CN(Cc2ccc(F)cc2)Cc2ccc(OC)cc2OC)n1. The van der Waals surface area contributed by atoms with E-state index in [9.17, 15) is 9.18 Å². The van der Waals surface area contributed by atoms with Gasteiger partial charge < -0.3 is 19.7 Å². The highest BCUT2D eigenvalue weighted by Gasteiger charge is 2.17. The van der Waals surface area contributed by atoms with E-state index in [1.165, 1.54) is 23.5 Å². The van der Waals surface area contributed by atoms with Crippen molar-refractivity contribution in [2.45, 2.75) is 59.3 Å². The van der Waals surface area contributed by atoms with Gasteiger partial charge >= 0.3 is 0 Å². The van der Waals surface area contributed by atoms with Crippen molar-refractivity contribution < 1.29 is 18.7 Å². The van der Waals surface area contributed by atoms with Crippen molar-refractivity contribution >= 4 is 17.2 Å². The summed E-state index contributed by atoms with van der Waals surface area (Å²) in [5.41, 5.74) is 2.42. The summed E-state index contributed by atoms with van der Waals surface area (Å²) >= 11 is 1.47. The second-order valence-electron chi connectivity index (χ2n) is 9.62. The molecule has 3 rings (SSSR count). The van der Waals surface area contributed by atoms with Gasteiger partial charge in [-0.25, -0.2) is 9.37 Å². The zero-order chi connectivity index (χ0) is 28.2. The van der Waals surface area contributed by atoms with Crippen LogP contribution in [0.15, 0.2) is 47.8 Å². The monoisotopic (exact) mass is 556 g/mol. The van der Waals surface area contributed by atoms with E-state index in [2.05, 4.69) is 33.9 Å². The van der Waals surface area contributed by atoms with Crippen LogP contribution in [0.3, 0.4) is 0 Å². The summed E-state index contributed by atoms with van der Waals surface area (Å²) in [4.78, 5) is 22.1. The van der Waals surface area contributed by atoms with Crippen LogP contribution in [0.25, 0.3) is 0 Å². The van der Waals surface area contributed by atoms with Crippen molar-refractivity contribution in [1.29, 1.82) is 0 Å². The summed E-state index contributed by atoms with van der Waals surface area (Å²) in [7, 11) is 3.26. The van der Waals surface area contributed by atoms with Crippen molar-refractivity contribution in [3.05, 3.63) is 75.5 Å². The maximum atomic E-state index is 13.5. The molecule has 0 spiro atoms. The van der Waals surface area contributed by atoms with Gasteiger partial charge in [-0.1, -0.05) is 32.0 Å². The molecule has 1 unspecified atom stereocenters. The van der Waals surface area contributed by atoms with E-state index in [4.69, 9.17) is 9.47 Å². The van der Waals surface area contributed by atoms with Crippen molar-refractivity contribution in [2.75, 3.05) is 33.9 Å². The molecule has 0 saturated heterocycles. The van der Waals surface area contributed by atoms with E-state index in [1.807, 2.05) is 30.5 Å². The van der Waals surface area contributed by atoms with Crippen LogP contribution < -0.4 is 14.8 Å². The van der Waals surface area contributed by atoms with Gasteiger partial charge in [0.05, 0.1) is 20.8 Å². The Hall–Kier alpha value is -3.01. The number of thiazole rings is 1. The highest BCUT2D eigenvalue weighted by Crippen LogP contribution is 2.27. The normalized spacial score (nSPS) is 12.1. The number of hydrogen-bond acceptors (Lipinski definition) is 7. The summed E-state index contributed by atoms with van der Waals surface area (Å²) in [6.45, 7) is 11.2. The Kier molecular flexibility index (Phi) is 12.2. The minimum atomic E-state index is -0.264. The van der Waals surface area contributed by atoms with Gasteiger partial charge in [0.1, 0.15) is 28.0 Å². The highest BCUT2D eigenvalue weighted by atomic mass is 32.1. The molecule has 2 aromatic carbocycles. The molecule has 0 aliphatic heterocycles. The molecular weight excluding hydrogens is 515 g/mol. The van der Waals surface area contributed by atoms with Crippen LogP contribution in [-0.4, -0.2) is 60.6 Å². The third-order valence-electron chi connectivity index (χ3n) is 6.73. The molecule has 0 saturated carbocycles. The fourth-order valence-electron chi connectivity index (χ4n) is 4.45. The summed E-state index contributed by atoms with van der Waals surface area (Å²) in [5.74, 6) is 1.04. The van der Waals surface area contributed by atoms with Crippen LogP contribution in [0.5, 0.6) is 11.5 Å². The lowest BCUT2D eigenvalue weighted by Gasteiger charge is -2.23. The fraction of sp³-hybridized carbons (Fsp3) is 0.467. The molecule has 1 amide bonds. The molecule has 0 radical (unpaired) electrons. The molecule has 0 aliphatic carbocycles. The van der Waals surface area contributed by atoms with Crippen LogP contribution in [0.1, 0.15) is 60.2 Å². The average Bonchev–Trinajstić information content (AvgIpc) is 3.41. The zero-order valence-corrected chi connectivity index (χ0v) is 24.5. The second-order valence-corrected chi connectivity index (χ2v) is 10.6. The van der Waals surface area contributed by atoms with Crippen molar-refractivity contribution in [2.24, 2.45) is 0 Å². The Morgan fingerprint density at radius 2 is 1.77 bits per heavy atom. The molecule has 0 aliphatic rings. The topological polar surface area (TPSA) is 66.9 Å². The molecular formula is C30H41FN4O3S. The zero-order valence-electron chi connectivity index (χ0n) is 23.7. The minimum absolute atomic E-state index is 0.0794. The number of rotatable bonds is 16. The molecule has 1 atom stereocenters. The van der Waals surface area contributed by atoms with E-state index in [0.29, 0.717) is 25.3 Å². The summed E-state index contributed by atoms with van der Waals surface area (Å²) < 4.78 is 24.4. The summed E-state index contributed by atoms with van der Waals surface area (Å²) in [6, 6.07) is 12.3.